The van der Waals surface area contributed by atoms with E-state index in [2.05, 4.69) is 29.5 Å². The molecule has 2 heterocycles. The maximum atomic E-state index is 5.99. The number of aromatic nitrogens is 1. The molecular formula is C20H32N4O2. The van der Waals surface area contributed by atoms with E-state index < -0.39 is 0 Å². The molecule has 1 saturated heterocycles. The van der Waals surface area contributed by atoms with Crippen molar-refractivity contribution < 1.29 is 9.47 Å². The normalized spacial score (nSPS) is 24.0. The summed E-state index contributed by atoms with van der Waals surface area (Å²) in [6.45, 7) is 7.28. The first-order chi connectivity index (χ1) is 12.7. The Bertz CT molecular complexity index is 593. The van der Waals surface area contributed by atoms with Crippen molar-refractivity contribution in [3.63, 3.8) is 0 Å². The molecule has 1 aliphatic heterocycles. The molecule has 2 N–H and O–H groups in total. The third-order valence-electron chi connectivity index (χ3n) is 5.08. The Kier molecular flexibility index (Phi) is 6.72. The molecule has 6 nitrogen and oxygen atoms in total. The zero-order valence-corrected chi connectivity index (χ0v) is 16.1. The molecule has 0 aromatic carbocycles. The molecule has 144 valence electrons. The van der Waals surface area contributed by atoms with Crippen LogP contribution in [0.25, 0.3) is 0 Å². The van der Waals surface area contributed by atoms with E-state index in [1.807, 2.05) is 18.3 Å². The van der Waals surface area contributed by atoms with E-state index in [-0.39, 0.29) is 5.60 Å². The van der Waals surface area contributed by atoms with Crippen LogP contribution < -0.4 is 15.4 Å². The van der Waals surface area contributed by atoms with Crippen LogP contribution in [-0.2, 0) is 11.3 Å². The molecule has 1 atom stereocenters. The number of aliphatic imine (C=N–C) groups is 1. The summed E-state index contributed by atoms with van der Waals surface area (Å²) < 4.78 is 11.8. The Hall–Kier alpha value is -1.82. The molecular weight excluding hydrogens is 328 g/mol. The smallest absolute Gasteiger partial charge is 0.213 e. The molecule has 6 heteroatoms. The molecule has 26 heavy (non-hydrogen) atoms. The molecule has 3 rings (SSSR count). The van der Waals surface area contributed by atoms with Crippen LogP contribution in [0.4, 0.5) is 0 Å². The van der Waals surface area contributed by atoms with E-state index in [1.54, 1.807) is 0 Å². The fourth-order valence-corrected chi connectivity index (χ4v) is 3.55. The van der Waals surface area contributed by atoms with Crippen molar-refractivity contribution in [2.45, 2.75) is 70.6 Å². The highest BCUT2D eigenvalue weighted by atomic mass is 16.5. The standard InChI is InChI=1S/C20H32N4O2/c1-3-21-19(24-15-20(2)10-6-12-25-20)23-14-16-9-11-22-18(13-16)26-17-7-4-5-8-17/h9,11,13,17H,3-8,10,12,14-15H2,1-2H3,(H2,21,23,24). The molecule has 1 unspecified atom stereocenters. The highest BCUT2D eigenvalue weighted by Gasteiger charge is 2.29. The Labute approximate surface area is 156 Å². The maximum Gasteiger partial charge on any atom is 0.213 e. The number of nitrogens with zero attached hydrogens (tertiary/aromatic N) is 2. The number of guanidine groups is 1. The van der Waals surface area contributed by atoms with Crippen molar-refractivity contribution in [3.8, 4) is 5.88 Å². The molecule has 1 aliphatic carbocycles. The summed E-state index contributed by atoms with van der Waals surface area (Å²) in [5, 5.41) is 6.72. The average Bonchev–Trinajstić information content (AvgIpc) is 3.30. The number of nitrogens with one attached hydrogen (secondary N) is 2. The van der Waals surface area contributed by atoms with E-state index in [1.165, 1.54) is 12.8 Å². The first-order valence-electron chi connectivity index (χ1n) is 9.94. The molecule has 1 aromatic rings. The van der Waals surface area contributed by atoms with Crippen LogP contribution in [0.15, 0.2) is 23.3 Å². The summed E-state index contributed by atoms with van der Waals surface area (Å²) >= 11 is 0. The summed E-state index contributed by atoms with van der Waals surface area (Å²) in [7, 11) is 0. The van der Waals surface area contributed by atoms with Crippen LogP contribution in [0.5, 0.6) is 5.88 Å². The van der Waals surface area contributed by atoms with Gasteiger partial charge in [-0.05, 0) is 64.0 Å². The highest BCUT2D eigenvalue weighted by Crippen LogP contribution is 2.24. The largest absolute Gasteiger partial charge is 0.474 e. The van der Waals surface area contributed by atoms with Gasteiger partial charge < -0.3 is 20.1 Å². The lowest BCUT2D eigenvalue weighted by Crippen LogP contribution is -2.45. The zero-order chi connectivity index (χ0) is 18.2. The van der Waals surface area contributed by atoms with Crippen molar-refractivity contribution in [3.05, 3.63) is 23.9 Å². The molecule has 0 radical (unpaired) electrons. The van der Waals surface area contributed by atoms with Gasteiger partial charge in [-0.3, -0.25) is 0 Å². The third-order valence-corrected chi connectivity index (χ3v) is 5.08. The Morgan fingerprint density at radius 3 is 2.92 bits per heavy atom. The lowest BCUT2D eigenvalue weighted by molar-refractivity contribution is 0.0243. The van der Waals surface area contributed by atoms with E-state index in [0.717, 1.165) is 62.8 Å². The maximum absolute atomic E-state index is 5.99. The fraction of sp³-hybridized carbons (Fsp3) is 0.700. The SMILES string of the molecule is CCNC(=NCc1ccnc(OC2CCCC2)c1)NCC1(C)CCCO1. The average molecular weight is 361 g/mol. The fourth-order valence-electron chi connectivity index (χ4n) is 3.55. The van der Waals surface area contributed by atoms with Gasteiger partial charge in [0.15, 0.2) is 5.96 Å². The van der Waals surface area contributed by atoms with Gasteiger partial charge >= 0.3 is 0 Å². The molecule has 2 fully saturated rings. The van der Waals surface area contributed by atoms with Crippen LogP contribution in [0.1, 0.15) is 57.9 Å². The summed E-state index contributed by atoms with van der Waals surface area (Å²) in [5.41, 5.74) is 1.02. The predicted octanol–water partition coefficient (Wildman–Crippen LogP) is 3.03. The van der Waals surface area contributed by atoms with Gasteiger partial charge in [0.2, 0.25) is 5.88 Å². The molecule has 0 amide bonds. The Morgan fingerprint density at radius 1 is 1.35 bits per heavy atom. The van der Waals surface area contributed by atoms with Crippen molar-refractivity contribution in [1.82, 2.24) is 15.6 Å². The number of pyridine rings is 1. The predicted molar refractivity (Wildman–Crippen MR) is 104 cm³/mol. The molecule has 2 aliphatic rings. The summed E-state index contributed by atoms with van der Waals surface area (Å²) in [6.07, 6.45) is 9.15. The van der Waals surface area contributed by atoms with E-state index in [9.17, 15) is 0 Å². The second kappa shape index (κ2) is 9.21. The molecule has 1 saturated carbocycles. The van der Waals surface area contributed by atoms with Gasteiger partial charge in [-0.15, -0.1) is 0 Å². The van der Waals surface area contributed by atoms with Gasteiger partial charge in [-0.2, -0.15) is 0 Å². The van der Waals surface area contributed by atoms with Crippen LogP contribution in [0.3, 0.4) is 0 Å². The second-order valence-corrected chi connectivity index (χ2v) is 7.48. The topological polar surface area (TPSA) is 67.8 Å². The Morgan fingerprint density at radius 2 is 2.19 bits per heavy atom. The van der Waals surface area contributed by atoms with Crippen LogP contribution in [-0.4, -0.2) is 42.3 Å². The van der Waals surface area contributed by atoms with E-state index >= 15 is 0 Å². The van der Waals surface area contributed by atoms with Gasteiger partial charge in [0, 0.05) is 32.0 Å². The van der Waals surface area contributed by atoms with Crippen molar-refractivity contribution >= 4 is 5.96 Å². The quantitative estimate of drug-likeness (QED) is 0.578. The van der Waals surface area contributed by atoms with Gasteiger partial charge in [-0.25, -0.2) is 9.98 Å². The van der Waals surface area contributed by atoms with E-state index in [0.29, 0.717) is 12.6 Å². The first-order valence-corrected chi connectivity index (χ1v) is 9.94. The van der Waals surface area contributed by atoms with Gasteiger partial charge in [0.05, 0.1) is 12.1 Å². The zero-order valence-electron chi connectivity index (χ0n) is 16.1. The minimum absolute atomic E-state index is 0.0881. The second-order valence-electron chi connectivity index (χ2n) is 7.48. The molecule has 0 bridgehead atoms. The lowest BCUT2D eigenvalue weighted by Gasteiger charge is -2.24. The van der Waals surface area contributed by atoms with Crippen LogP contribution >= 0.6 is 0 Å². The monoisotopic (exact) mass is 360 g/mol. The summed E-state index contributed by atoms with van der Waals surface area (Å²) in [6, 6.07) is 4.00. The lowest BCUT2D eigenvalue weighted by atomic mass is 10.0. The molecule has 0 spiro atoms. The summed E-state index contributed by atoms with van der Waals surface area (Å²) in [5.74, 6) is 1.54. The Balaban J connectivity index is 1.56. The number of hydrogen-bond donors (Lipinski definition) is 2. The molecule has 1 aromatic heterocycles. The minimum atomic E-state index is -0.0881. The number of ether oxygens (including phenoxy) is 2. The third kappa shape index (κ3) is 5.59. The first kappa shape index (κ1) is 19.0. The van der Waals surface area contributed by atoms with Crippen molar-refractivity contribution in [1.29, 1.82) is 0 Å². The van der Waals surface area contributed by atoms with Crippen molar-refractivity contribution in [2.75, 3.05) is 19.7 Å². The van der Waals surface area contributed by atoms with Crippen LogP contribution in [0.2, 0.25) is 0 Å². The van der Waals surface area contributed by atoms with Gasteiger partial charge in [0.25, 0.3) is 0 Å². The number of rotatable bonds is 7. The summed E-state index contributed by atoms with van der Waals surface area (Å²) in [4.78, 5) is 9.05. The van der Waals surface area contributed by atoms with Crippen LogP contribution in [0, 0.1) is 0 Å². The van der Waals surface area contributed by atoms with E-state index in [4.69, 9.17) is 14.5 Å². The van der Waals surface area contributed by atoms with Gasteiger partial charge in [0.1, 0.15) is 6.10 Å². The van der Waals surface area contributed by atoms with Gasteiger partial charge in [-0.1, -0.05) is 0 Å². The van der Waals surface area contributed by atoms with Crippen molar-refractivity contribution in [2.24, 2.45) is 4.99 Å². The highest BCUT2D eigenvalue weighted by molar-refractivity contribution is 5.79. The minimum Gasteiger partial charge on any atom is -0.474 e. The number of hydrogen-bond acceptors (Lipinski definition) is 4.